The molecule has 1 rings (SSSR count). The van der Waals surface area contributed by atoms with Crippen molar-refractivity contribution in [1.29, 1.82) is 0 Å². The van der Waals surface area contributed by atoms with E-state index in [4.69, 9.17) is 5.11 Å². The first-order valence-electron chi connectivity index (χ1n) is 3.94. The van der Waals surface area contributed by atoms with E-state index in [1.54, 1.807) is 0 Å². The fourth-order valence-electron chi connectivity index (χ4n) is 1.32. The van der Waals surface area contributed by atoms with E-state index >= 15 is 0 Å². The van der Waals surface area contributed by atoms with Gasteiger partial charge in [-0.05, 0) is 25.0 Å². The van der Waals surface area contributed by atoms with Crippen LogP contribution in [-0.4, -0.2) is 29.2 Å². The maximum atomic E-state index is 10.6. The molecule has 0 spiro atoms. The molecule has 66 valence electrons. The molecule has 3 nitrogen and oxygen atoms in total. The Hall–Kier alpha value is -1.25. The van der Waals surface area contributed by atoms with E-state index < -0.39 is 6.09 Å². The van der Waals surface area contributed by atoms with Crippen molar-refractivity contribution in [1.82, 2.24) is 4.90 Å². The summed E-state index contributed by atoms with van der Waals surface area (Å²) in [6.45, 7) is 4.99. The third-order valence-electron chi connectivity index (χ3n) is 1.98. The summed E-state index contributed by atoms with van der Waals surface area (Å²) in [5.74, 6) is 0. The van der Waals surface area contributed by atoms with Crippen LogP contribution in [0.25, 0.3) is 0 Å². The monoisotopic (exact) mass is 167 g/mol. The van der Waals surface area contributed by atoms with Gasteiger partial charge in [-0.2, -0.15) is 0 Å². The van der Waals surface area contributed by atoms with Gasteiger partial charge in [0, 0.05) is 13.1 Å². The van der Waals surface area contributed by atoms with E-state index in [0.29, 0.717) is 13.1 Å². The number of hydrogen-bond acceptors (Lipinski definition) is 1. The van der Waals surface area contributed by atoms with Gasteiger partial charge >= 0.3 is 6.09 Å². The first kappa shape index (κ1) is 8.84. The van der Waals surface area contributed by atoms with Gasteiger partial charge in [0.1, 0.15) is 0 Å². The van der Waals surface area contributed by atoms with E-state index in [1.807, 2.05) is 26.0 Å². The summed E-state index contributed by atoms with van der Waals surface area (Å²) < 4.78 is 0. The smallest absolute Gasteiger partial charge is 0.407 e. The summed E-state index contributed by atoms with van der Waals surface area (Å²) in [6, 6.07) is 0. The molecule has 0 unspecified atom stereocenters. The quantitative estimate of drug-likeness (QED) is 0.647. The number of nitrogens with zero attached hydrogens (tertiary/aromatic N) is 1. The van der Waals surface area contributed by atoms with Gasteiger partial charge in [0.05, 0.1) is 0 Å². The Morgan fingerprint density at radius 3 is 2.67 bits per heavy atom. The summed E-state index contributed by atoms with van der Waals surface area (Å²) in [5, 5.41) is 8.69. The molecule has 0 saturated carbocycles. The van der Waals surface area contributed by atoms with Crippen LogP contribution in [0.3, 0.4) is 0 Å². The summed E-state index contributed by atoms with van der Waals surface area (Å²) >= 11 is 0. The topological polar surface area (TPSA) is 40.5 Å². The molecular formula is C9H13NO2. The standard InChI is InChI=1S/C9H13NO2/c1-3-4-8-6-10(9(11)12)5-7(8)2/h3-4H,5-6H2,1-2H3,(H,11,12)/b4-3-. The molecule has 0 radical (unpaired) electrons. The van der Waals surface area contributed by atoms with Gasteiger partial charge in [-0.1, -0.05) is 12.2 Å². The lowest BCUT2D eigenvalue weighted by Gasteiger charge is -2.10. The molecule has 0 bridgehead atoms. The predicted molar refractivity (Wildman–Crippen MR) is 47.1 cm³/mol. The summed E-state index contributed by atoms with van der Waals surface area (Å²) in [7, 11) is 0. The molecule has 0 aromatic heterocycles. The second-order valence-electron chi connectivity index (χ2n) is 2.94. The largest absolute Gasteiger partial charge is 0.465 e. The van der Waals surface area contributed by atoms with Crippen LogP contribution in [0.5, 0.6) is 0 Å². The molecule has 1 aliphatic heterocycles. The van der Waals surface area contributed by atoms with Crippen LogP contribution in [0.1, 0.15) is 13.8 Å². The number of carboxylic acid groups (broad SMARTS) is 1. The Morgan fingerprint density at radius 1 is 1.58 bits per heavy atom. The minimum Gasteiger partial charge on any atom is -0.465 e. The third kappa shape index (κ3) is 1.67. The molecule has 1 heterocycles. The Bertz CT molecular complexity index is 253. The van der Waals surface area contributed by atoms with Crippen LogP contribution in [0.15, 0.2) is 23.3 Å². The van der Waals surface area contributed by atoms with Crippen LogP contribution >= 0.6 is 0 Å². The Morgan fingerprint density at radius 2 is 2.25 bits per heavy atom. The zero-order valence-corrected chi connectivity index (χ0v) is 7.37. The van der Waals surface area contributed by atoms with Crippen LogP contribution in [-0.2, 0) is 0 Å². The maximum absolute atomic E-state index is 10.6. The molecule has 1 aliphatic rings. The third-order valence-corrected chi connectivity index (χ3v) is 1.98. The molecule has 1 N–H and O–H groups in total. The maximum Gasteiger partial charge on any atom is 0.407 e. The number of carbonyl (C=O) groups is 1. The zero-order chi connectivity index (χ0) is 9.14. The van der Waals surface area contributed by atoms with Gasteiger partial charge in [0.2, 0.25) is 0 Å². The van der Waals surface area contributed by atoms with Crippen LogP contribution in [0, 0.1) is 0 Å². The SMILES string of the molecule is C/C=C\C1=C(C)CN(C(=O)O)C1. The van der Waals surface area contributed by atoms with Gasteiger partial charge in [-0.3, -0.25) is 0 Å². The molecule has 12 heavy (non-hydrogen) atoms. The zero-order valence-electron chi connectivity index (χ0n) is 7.37. The van der Waals surface area contributed by atoms with Gasteiger partial charge < -0.3 is 10.0 Å². The van der Waals surface area contributed by atoms with Crippen molar-refractivity contribution in [2.45, 2.75) is 13.8 Å². The predicted octanol–water partition coefficient (Wildman–Crippen LogP) is 1.87. The second-order valence-corrected chi connectivity index (χ2v) is 2.94. The van der Waals surface area contributed by atoms with Crippen molar-refractivity contribution >= 4 is 6.09 Å². The molecular weight excluding hydrogens is 154 g/mol. The number of allylic oxidation sites excluding steroid dienone is 1. The molecule has 0 aromatic rings. The van der Waals surface area contributed by atoms with Gasteiger partial charge in [-0.25, -0.2) is 4.79 Å². The van der Waals surface area contributed by atoms with Crippen molar-refractivity contribution in [3.05, 3.63) is 23.3 Å². The molecule has 0 saturated heterocycles. The average molecular weight is 167 g/mol. The first-order valence-corrected chi connectivity index (χ1v) is 3.94. The van der Waals surface area contributed by atoms with Crippen LogP contribution in [0.2, 0.25) is 0 Å². The Labute approximate surface area is 72.0 Å². The van der Waals surface area contributed by atoms with Gasteiger partial charge in [0.25, 0.3) is 0 Å². The number of amides is 1. The second kappa shape index (κ2) is 3.43. The molecule has 0 atom stereocenters. The summed E-state index contributed by atoms with van der Waals surface area (Å²) in [5.41, 5.74) is 2.27. The molecule has 0 aliphatic carbocycles. The highest BCUT2D eigenvalue weighted by molar-refractivity contribution is 5.67. The van der Waals surface area contributed by atoms with E-state index in [1.165, 1.54) is 4.90 Å². The fraction of sp³-hybridized carbons (Fsp3) is 0.444. The Balaban J connectivity index is 2.67. The number of hydrogen-bond donors (Lipinski definition) is 1. The highest BCUT2D eigenvalue weighted by Crippen LogP contribution is 2.17. The highest BCUT2D eigenvalue weighted by Gasteiger charge is 2.20. The average Bonchev–Trinajstić information content (AvgIpc) is 2.34. The van der Waals surface area contributed by atoms with Gasteiger partial charge in [0.15, 0.2) is 0 Å². The summed E-state index contributed by atoms with van der Waals surface area (Å²) in [6.07, 6.45) is 3.07. The van der Waals surface area contributed by atoms with Crippen molar-refractivity contribution < 1.29 is 9.90 Å². The van der Waals surface area contributed by atoms with E-state index in [2.05, 4.69) is 0 Å². The van der Waals surface area contributed by atoms with Crippen molar-refractivity contribution in [2.75, 3.05) is 13.1 Å². The molecule has 1 amide bonds. The summed E-state index contributed by atoms with van der Waals surface area (Å²) in [4.78, 5) is 12.0. The lowest BCUT2D eigenvalue weighted by Crippen LogP contribution is -2.27. The first-order chi connectivity index (χ1) is 5.65. The van der Waals surface area contributed by atoms with Crippen molar-refractivity contribution in [3.8, 4) is 0 Å². The van der Waals surface area contributed by atoms with E-state index in [9.17, 15) is 4.79 Å². The minimum absolute atomic E-state index is 0.533. The lowest BCUT2D eigenvalue weighted by atomic mass is 10.2. The highest BCUT2D eigenvalue weighted by atomic mass is 16.4. The molecule has 3 heteroatoms. The van der Waals surface area contributed by atoms with Crippen LogP contribution < -0.4 is 0 Å². The van der Waals surface area contributed by atoms with Crippen LogP contribution in [0.4, 0.5) is 4.79 Å². The fourth-order valence-corrected chi connectivity index (χ4v) is 1.32. The minimum atomic E-state index is -0.839. The lowest BCUT2D eigenvalue weighted by molar-refractivity contribution is 0.157. The van der Waals surface area contributed by atoms with Gasteiger partial charge in [-0.15, -0.1) is 0 Å². The van der Waals surface area contributed by atoms with Crippen molar-refractivity contribution in [2.24, 2.45) is 0 Å². The normalized spacial score (nSPS) is 18.0. The molecule has 0 fully saturated rings. The Kier molecular flexibility index (Phi) is 2.53. The van der Waals surface area contributed by atoms with E-state index in [0.717, 1.165) is 11.1 Å². The van der Waals surface area contributed by atoms with E-state index in [-0.39, 0.29) is 0 Å². The molecule has 0 aromatic carbocycles. The number of rotatable bonds is 1. The van der Waals surface area contributed by atoms with Crippen molar-refractivity contribution in [3.63, 3.8) is 0 Å².